The predicted molar refractivity (Wildman–Crippen MR) is 311 cm³/mol. The smallest absolute Gasteiger partial charge is 0.288 e. The molecule has 0 radical (unpaired) electrons. The van der Waals surface area contributed by atoms with Gasteiger partial charge in [0.05, 0.1) is 48.8 Å². The number of para-hydroxylation sites is 2. The molecule has 0 saturated heterocycles. The fraction of sp³-hybridized carbons (Fsp3) is 0.333. The first-order valence-electron chi connectivity index (χ1n) is 27.6. The number of fused-ring (bicyclic) bond motifs is 8. The summed E-state index contributed by atoms with van der Waals surface area (Å²) >= 11 is 0. The number of ether oxygens (including phenoxy) is 4. The molecule has 2 unspecified atom stereocenters. The SMILES string of the molecule is COc1cc2c(cc1OCc1cc(COc3cc4c(cc3OC)C(=O)N3c5ccccc5C[C@H]3CN4)cc(NC(=O)[C@H](C)NC(=O)[C@H](C)NC(=O)CCCCC(=O)NCCN3C(=O)C=CC3=O)c1)NC(S(=O)(=O)O)C1Cc3ccccc3N1C2=O. The van der Waals surface area contributed by atoms with Gasteiger partial charge in [-0.2, -0.15) is 8.42 Å². The Balaban J connectivity index is 0.829. The molecule has 5 atom stereocenters. The Labute approximate surface area is 489 Å². The van der Waals surface area contributed by atoms with Crippen molar-refractivity contribution in [3.63, 3.8) is 0 Å². The normalized spacial score (nSPS) is 17.9. The molecule has 85 heavy (non-hydrogen) atoms. The summed E-state index contributed by atoms with van der Waals surface area (Å²) in [6.07, 6.45) is 3.97. The zero-order valence-electron chi connectivity index (χ0n) is 46.9. The summed E-state index contributed by atoms with van der Waals surface area (Å²) in [7, 11) is -1.95. The van der Waals surface area contributed by atoms with Gasteiger partial charge in [-0.3, -0.25) is 47.8 Å². The van der Waals surface area contributed by atoms with Crippen LogP contribution in [0, 0.1) is 0 Å². The van der Waals surface area contributed by atoms with E-state index in [-0.39, 0.29) is 97.6 Å². The maximum absolute atomic E-state index is 14.3. The average molecular weight is 1180 g/mol. The monoisotopic (exact) mass is 1180 g/mol. The van der Waals surface area contributed by atoms with Gasteiger partial charge in [-0.25, -0.2) is 0 Å². The largest absolute Gasteiger partial charge is 0.493 e. The first kappa shape index (κ1) is 58.7. The Kier molecular flexibility index (Phi) is 17.1. The van der Waals surface area contributed by atoms with Gasteiger partial charge >= 0.3 is 0 Å². The quantitative estimate of drug-likeness (QED) is 0.0282. The lowest BCUT2D eigenvalue weighted by Gasteiger charge is -2.27. The summed E-state index contributed by atoms with van der Waals surface area (Å²) in [5, 5.41) is 15.4. The summed E-state index contributed by atoms with van der Waals surface area (Å²) in [5.41, 5.74) is 5.52. The number of rotatable bonds is 22. The van der Waals surface area contributed by atoms with Crippen LogP contribution in [0.15, 0.2) is 103 Å². The van der Waals surface area contributed by atoms with Crippen molar-refractivity contribution in [2.45, 2.75) is 95.1 Å². The van der Waals surface area contributed by atoms with Crippen molar-refractivity contribution >= 4 is 85.8 Å². The molecule has 0 saturated carbocycles. The van der Waals surface area contributed by atoms with Gasteiger partial charge in [0, 0.05) is 73.8 Å². The summed E-state index contributed by atoms with van der Waals surface area (Å²) in [6.45, 7) is 3.23. The van der Waals surface area contributed by atoms with E-state index in [1.165, 1.54) is 45.1 Å². The topological polar surface area (TPSA) is 310 Å². The number of hydrogen-bond acceptors (Lipinski definition) is 16. The van der Waals surface area contributed by atoms with Crippen molar-refractivity contribution < 1.29 is 70.3 Å². The molecule has 25 heteroatoms. The van der Waals surface area contributed by atoms with E-state index in [4.69, 9.17) is 18.9 Å². The lowest BCUT2D eigenvalue weighted by Crippen LogP contribution is -2.50. The number of nitrogens with one attached hydrogen (secondary N) is 6. The maximum Gasteiger partial charge on any atom is 0.288 e. The van der Waals surface area contributed by atoms with Crippen LogP contribution in [0.5, 0.6) is 23.0 Å². The number of unbranched alkanes of at least 4 members (excludes halogenated alkanes) is 1. The zero-order valence-corrected chi connectivity index (χ0v) is 47.7. The lowest BCUT2D eigenvalue weighted by atomic mass is 10.1. The molecule has 5 aliphatic heterocycles. The molecule has 0 bridgehead atoms. The number of amides is 8. The molecule has 7 N–H and O–H groups in total. The van der Waals surface area contributed by atoms with Crippen LogP contribution in [-0.2, 0) is 64.9 Å². The van der Waals surface area contributed by atoms with Crippen LogP contribution in [0.4, 0.5) is 28.4 Å². The molecule has 10 rings (SSSR count). The van der Waals surface area contributed by atoms with Gasteiger partial charge in [-0.1, -0.05) is 36.4 Å². The number of hydrogen-bond donors (Lipinski definition) is 7. The van der Waals surface area contributed by atoms with Crippen molar-refractivity contribution in [1.82, 2.24) is 20.9 Å². The van der Waals surface area contributed by atoms with E-state index in [9.17, 15) is 51.3 Å². The molecule has 5 aromatic rings. The number of benzene rings is 5. The van der Waals surface area contributed by atoms with Gasteiger partial charge in [0.2, 0.25) is 23.6 Å². The number of carbonyl (C=O) groups is 8. The van der Waals surface area contributed by atoms with Crippen molar-refractivity contribution in [3.05, 3.63) is 137 Å². The molecule has 5 aromatic carbocycles. The maximum atomic E-state index is 14.3. The van der Waals surface area contributed by atoms with Crippen molar-refractivity contribution in [3.8, 4) is 23.0 Å². The van der Waals surface area contributed by atoms with Gasteiger partial charge in [0.1, 0.15) is 25.3 Å². The average Bonchev–Trinajstić information content (AvgIpc) is 1.95. The lowest BCUT2D eigenvalue weighted by molar-refractivity contribution is -0.137. The van der Waals surface area contributed by atoms with Crippen LogP contribution in [0.2, 0.25) is 0 Å². The van der Waals surface area contributed by atoms with Gasteiger partial charge in [0.15, 0.2) is 28.4 Å². The summed E-state index contributed by atoms with van der Waals surface area (Å²) in [6, 6.07) is 22.8. The van der Waals surface area contributed by atoms with Gasteiger partial charge in [-0.05, 0) is 104 Å². The summed E-state index contributed by atoms with van der Waals surface area (Å²) < 4.78 is 60.8. The minimum atomic E-state index is -4.79. The van der Waals surface area contributed by atoms with Crippen LogP contribution in [0.1, 0.15) is 82.5 Å². The Hall–Kier alpha value is -9.49. The predicted octanol–water partition coefficient (Wildman–Crippen LogP) is 4.62. The third kappa shape index (κ3) is 12.7. The first-order valence-corrected chi connectivity index (χ1v) is 29.1. The number of anilines is 5. The van der Waals surface area contributed by atoms with E-state index >= 15 is 0 Å². The standard InChI is InChI=1S/C60H63N9O15S/c1-33(63-53(71)16-10-9-15-52(70)61-19-20-67-54(72)17-18-55(67)73)56(74)64-34(2)57(75)65-39-22-35(31-83-50-28-43-41(26-48(50)81-3)59(76)68-40(30-62-43)24-37-11-5-7-13-45(37)68)21-36(23-39)32-84-51-29-44-42(27-49(51)82-4)60(77)69-46-14-8-6-12-38(46)25-47(69)58(66-44)85(78,79)80/h5-8,11-14,17-18,21-23,26-29,33-34,40,47,58,62,66H,9-10,15-16,19-20,24-25,30-32H2,1-4H3,(H,61,70)(H,63,71)(H,64,74)(H,65,75)(H,78,79,80)/t33-,34-,40-,47?,58?/m0/s1. The molecule has 5 aliphatic rings. The first-order chi connectivity index (χ1) is 40.8. The molecule has 8 amide bonds. The second-order valence-electron chi connectivity index (χ2n) is 21.1. The van der Waals surface area contributed by atoms with Crippen molar-refractivity contribution in [2.24, 2.45) is 0 Å². The Morgan fingerprint density at radius 1 is 0.671 bits per heavy atom. The van der Waals surface area contributed by atoms with Crippen LogP contribution < -0.4 is 60.6 Å². The third-order valence-corrected chi connectivity index (χ3v) is 16.4. The van der Waals surface area contributed by atoms with E-state index in [1.807, 2.05) is 29.2 Å². The molecular formula is C60H63N9O15S. The highest BCUT2D eigenvalue weighted by atomic mass is 32.2. The molecule has 5 heterocycles. The summed E-state index contributed by atoms with van der Waals surface area (Å²) in [4.78, 5) is 108. The molecule has 0 aromatic heterocycles. The van der Waals surface area contributed by atoms with E-state index in [2.05, 4.69) is 31.9 Å². The van der Waals surface area contributed by atoms with E-state index in [0.717, 1.165) is 33.9 Å². The van der Waals surface area contributed by atoms with E-state index < -0.39 is 69.1 Å². The van der Waals surface area contributed by atoms with Gasteiger partial charge in [0.25, 0.3) is 33.7 Å². The van der Waals surface area contributed by atoms with E-state index in [1.54, 1.807) is 54.6 Å². The van der Waals surface area contributed by atoms with E-state index in [0.29, 0.717) is 59.6 Å². The third-order valence-electron chi connectivity index (χ3n) is 15.3. The fourth-order valence-corrected chi connectivity index (χ4v) is 12.0. The van der Waals surface area contributed by atoms with Crippen LogP contribution in [0.3, 0.4) is 0 Å². The number of nitrogens with zero attached hydrogens (tertiary/aromatic N) is 3. The Morgan fingerprint density at radius 3 is 1.85 bits per heavy atom. The Morgan fingerprint density at radius 2 is 1.22 bits per heavy atom. The van der Waals surface area contributed by atoms with Crippen molar-refractivity contribution in [2.75, 3.05) is 59.6 Å². The van der Waals surface area contributed by atoms with Crippen LogP contribution in [-0.4, -0.2) is 129 Å². The molecular weight excluding hydrogens is 1120 g/mol. The molecule has 0 fully saturated rings. The van der Waals surface area contributed by atoms with Crippen molar-refractivity contribution in [1.29, 1.82) is 0 Å². The van der Waals surface area contributed by atoms with Gasteiger partial charge < -0.3 is 60.6 Å². The number of carbonyl (C=O) groups excluding carboxylic acids is 8. The van der Waals surface area contributed by atoms with Crippen LogP contribution >= 0.6 is 0 Å². The minimum Gasteiger partial charge on any atom is -0.493 e. The zero-order chi connectivity index (χ0) is 60.3. The number of methoxy groups -OCH3 is 2. The number of imide groups is 1. The summed E-state index contributed by atoms with van der Waals surface area (Å²) in [5.74, 6) is -2.82. The minimum absolute atomic E-state index is 0.0128. The highest BCUT2D eigenvalue weighted by molar-refractivity contribution is 7.86. The molecule has 0 aliphatic carbocycles. The molecule has 444 valence electrons. The fourth-order valence-electron chi connectivity index (χ4n) is 11.1. The van der Waals surface area contributed by atoms with Crippen LogP contribution in [0.25, 0.3) is 0 Å². The Bertz CT molecular complexity index is 3670. The van der Waals surface area contributed by atoms with Gasteiger partial charge in [-0.15, -0.1) is 0 Å². The molecule has 24 nitrogen and oxygen atoms in total. The second kappa shape index (κ2) is 24.8. The second-order valence-corrected chi connectivity index (χ2v) is 22.7. The highest BCUT2D eigenvalue weighted by Gasteiger charge is 2.47. The molecule has 0 spiro atoms. The highest BCUT2D eigenvalue weighted by Crippen LogP contribution is 2.44.